The number of aromatic nitrogens is 1. The van der Waals surface area contributed by atoms with Crippen LogP contribution in [0.25, 0.3) is 5.52 Å². The summed E-state index contributed by atoms with van der Waals surface area (Å²) in [6.45, 7) is 9.82. The molecule has 7 heteroatoms. The van der Waals surface area contributed by atoms with Crippen LogP contribution in [0.5, 0.6) is 5.75 Å². The second-order valence-corrected chi connectivity index (χ2v) is 11.8. The van der Waals surface area contributed by atoms with Crippen molar-refractivity contribution >= 4 is 21.0 Å². The van der Waals surface area contributed by atoms with Crippen LogP contribution in [0, 0.1) is 0 Å². The number of ether oxygens (including phenoxy) is 1. The third-order valence-corrected chi connectivity index (χ3v) is 8.94. The summed E-state index contributed by atoms with van der Waals surface area (Å²) in [5, 5.41) is 0. The lowest BCUT2D eigenvalue weighted by Crippen LogP contribution is -2.46. The summed E-state index contributed by atoms with van der Waals surface area (Å²) in [6.07, 6.45) is 4.74. The standard InChI is InChI=1S/C30H35N3O3S/c1-24(2)28-23-33-17-7-6-11-29(33)30(28)37(34,35)27-14-12-26(13-15-27)36-22-8-16-31-18-20-32(21-19-31)25-9-4-3-5-10-25/h3-7,9-15,17,23-24H,8,16,18-22H2,1-2H3. The zero-order chi connectivity index (χ0) is 25.8. The van der Waals surface area contributed by atoms with Gasteiger partial charge in [-0.2, -0.15) is 0 Å². The van der Waals surface area contributed by atoms with Crippen molar-refractivity contribution in [3.63, 3.8) is 0 Å². The highest BCUT2D eigenvalue weighted by Crippen LogP contribution is 2.34. The molecule has 3 heterocycles. The van der Waals surface area contributed by atoms with Crippen molar-refractivity contribution < 1.29 is 13.2 Å². The van der Waals surface area contributed by atoms with E-state index in [2.05, 4.69) is 40.1 Å². The molecule has 2 aromatic heterocycles. The van der Waals surface area contributed by atoms with E-state index >= 15 is 0 Å². The maximum atomic E-state index is 13.6. The molecule has 0 N–H and O–H groups in total. The second-order valence-electron chi connectivity index (χ2n) is 9.90. The first kappa shape index (κ1) is 25.4. The van der Waals surface area contributed by atoms with Gasteiger partial charge < -0.3 is 14.0 Å². The molecular weight excluding hydrogens is 482 g/mol. The quantitative estimate of drug-likeness (QED) is 0.275. The van der Waals surface area contributed by atoms with E-state index in [0.29, 0.717) is 22.8 Å². The van der Waals surface area contributed by atoms with Gasteiger partial charge in [-0.15, -0.1) is 0 Å². The summed E-state index contributed by atoms with van der Waals surface area (Å²) in [5.41, 5.74) is 2.83. The smallest absolute Gasteiger partial charge is 0.209 e. The molecular formula is C30H35N3O3S. The number of anilines is 1. The molecule has 2 aromatic carbocycles. The Hall–Kier alpha value is -3.29. The van der Waals surface area contributed by atoms with Crippen molar-refractivity contribution in [1.29, 1.82) is 0 Å². The molecule has 1 aliphatic heterocycles. The van der Waals surface area contributed by atoms with Gasteiger partial charge >= 0.3 is 0 Å². The van der Waals surface area contributed by atoms with Crippen molar-refractivity contribution in [1.82, 2.24) is 9.30 Å². The molecule has 0 saturated carbocycles. The van der Waals surface area contributed by atoms with Crippen molar-refractivity contribution in [2.24, 2.45) is 0 Å². The van der Waals surface area contributed by atoms with Gasteiger partial charge in [0.15, 0.2) is 0 Å². The molecule has 4 aromatic rings. The Kier molecular flexibility index (Phi) is 7.53. The molecule has 0 amide bonds. The summed E-state index contributed by atoms with van der Waals surface area (Å²) < 4.78 is 35.1. The van der Waals surface area contributed by atoms with Gasteiger partial charge in [-0.3, -0.25) is 4.90 Å². The number of hydrogen-bond donors (Lipinski definition) is 0. The number of fused-ring (bicyclic) bond motifs is 1. The molecule has 1 saturated heterocycles. The Bertz CT molecular complexity index is 1420. The third-order valence-electron chi connectivity index (χ3n) is 7.07. The lowest BCUT2D eigenvalue weighted by atomic mass is 10.1. The van der Waals surface area contributed by atoms with Crippen LogP contribution < -0.4 is 9.64 Å². The van der Waals surface area contributed by atoms with Gasteiger partial charge in [0.05, 0.1) is 17.0 Å². The molecule has 0 atom stereocenters. The summed E-state index contributed by atoms with van der Waals surface area (Å²) in [4.78, 5) is 5.59. The number of rotatable bonds is 9. The molecule has 0 unspecified atom stereocenters. The Balaban J connectivity index is 1.16. The van der Waals surface area contributed by atoms with Gasteiger partial charge in [-0.1, -0.05) is 38.1 Å². The van der Waals surface area contributed by atoms with Crippen LogP contribution in [-0.4, -0.2) is 57.0 Å². The van der Waals surface area contributed by atoms with E-state index in [1.165, 1.54) is 5.69 Å². The molecule has 194 valence electrons. The van der Waals surface area contributed by atoms with Crippen molar-refractivity contribution in [2.75, 3.05) is 44.2 Å². The lowest BCUT2D eigenvalue weighted by molar-refractivity contribution is 0.224. The van der Waals surface area contributed by atoms with E-state index in [9.17, 15) is 8.42 Å². The maximum absolute atomic E-state index is 13.6. The van der Waals surface area contributed by atoms with Crippen LogP contribution >= 0.6 is 0 Å². The molecule has 0 bridgehead atoms. The second kappa shape index (κ2) is 11.0. The molecule has 1 aliphatic rings. The zero-order valence-corrected chi connectivity index (χ0v) is 22.4. The number of piperazine rings is 1. The highest BCUT2D eigenvalue weighted by atomic mass is 32.2. The number of para-hydroxylation sites is 1. The fourth-order valence-corrected chi connectivity index (χ4v) is 6.78. The number of pyridine rings is 1. The van der Waals surface area contributed by atoms with Gasteiger partial charge in [-0.25, -0.2) is 8.42 Å². The van der Waals surface area contributed by atoms with Gasteiger partial charge in [0.2, 0.25) is 9.84 Å². The SMILES string of the molecule is CC(C)c1cn2ccccc2c1S(=O)(=O)c1ccc(OCCCN2CCN(c3ccccc3)CC2)cc1. The van der Waals surface area contributed by atoms with Crippen LogP contribution in [0.15, 0.2) is 95.0 Å². The highest BCUT2D eigenvalue weighted by molar-refractivity contribution is 7.91. The average Bonchev–Trinajstić information content (AvgIpc) is 3.33. The summed E-state index contributed by atoms with van der Waals surface area (Å²) in [7, 11) is -3.67. The lowest BCUT2D eigenvalue weighted by Gasteiger charge is -2.36. The minimum atomic E-state index is -3.67. The Morgan fingerprint density at radius 2 is 1.57 bits per heavy atom. The fourth-order valence-electron chi connectivity index (χ4n) is 5.00. The predicted octanol–water partition coefficient (Wildman–Crippen LogP) is 5.49. The normalized spacial score (nSPS) is 14.9. The van der Waals surface area contributed by atoms with E-state index in [1.807, 2.05) is 48.8 Å². The van der Waals surface area contributed by atoms with Gasteiger partial charge in [0.1, 0.15) is 10.6 Å². The highest BCUT2D eigenvalue weighted by Gasteiger charge is 2.27. The van der Waals surface area contributed by atoms with Crippen molar-refractivity contribution in [3.05, 3.63) is 90.8 Å². The first-order valence-electron chi connectivity index (χ1n) is 13.0. The molecule has 0 radical (unpaired) electrons. The molecule has 6 nitrogen and oxygen atoms in total. The Morgan fingerprint density at radius 3 is 2.27 bits per heavy atom. The zero-order valence-electron chi connectivity index (χ0n) is 21.6. The fraction of sp³-hybridized carbons (Fsp3) is 0.333. The van der Waals surface area contributed by atoms with E-state index in [1.54, 1.807) is 24.3 Å². The Morgan fingerprint density at radius 1 is 0.865 bits per heavy atom. The van der Waals surface area contributed by atoms with E-state index < -0.39 is 9.84 Å². The summed E-state index contributed by atoms with van der Waals surface area (Å²) in [5.74, 6) is 0.785. The van der Waals surface area contributed by atoms with E-state index in [0.717, 1.165) is 44.7 Å². The Labute approximate surface area is 220 Å². The maximum Gasteiger partial charge on any atom is 0.209 e. The molecule has 37 heavy (non-hydrogen) atoms. The third kappa shape index (κ3) is 5.53. The number of sulfone groups is 1. The number of nitrogens with zero attached hydrogens (tertiary/aromatic N) is 3. The van der Waals surface area contributed by atoms with E-state index in [4.69, 9.17) is 4.74 Å². The monoisotopic (exact) mass is 517 g/mol. The van der Waals surface area contributed by atoms with E-state index in [-0.39, 0.29) is 10.8 Å². The topological polar surface area (TPSA) is 54.3 Å². The first-order chi connectivity index (χ1) is 17.9. The molecule has 0 spiro atoms. The molecule has 0 aliphatic carbocycles. The first-order valence-corrected chi connectivity index (χ1v) is 14.5. The minimum absolute atomic E-state index is 0.0913. The molecule has 5 rings (SSSR count). The number of hydrogen-bond acceptors (Lipinski definition) is 5. The summed E-state index contributed by atoms with van der Waals surface area (Å²) in [6, 6.07) is 23.1. The van der Waals surface area contributed by atoms with Gasteiger partial charge in [0, 0.05) is 50.8 Å². The van der Waals surface area contributed by atoms with Crippen LogP contribution in [0.4, 0.5) is 5.69 Å². The largest absolute Gasteiger partial charge is 0.494 e. The van der Waals surface area contributed by atoms with Crippen LogP contribution in [0.1, 0.15) is 31.7 Å². The van der Waals surface area contributed by atoms with Gasteiger partial charge in [-0.05, 0) is 66.4 Å². The predicted molar refractivity (Wildman–Crippen MR) is 149 cm³/mol. The minimum Gasteiger partial charge on any atom is -0.494 e. The van der Waals surface area contributed by atoms with Crippen LogP contribution in [0.3, 0.4) is 0 Å². The van der Waals surface area contributed by atoms with Crippen molar-refractivity contribution in [2.45, 2.75) is 36.0 Å². The van der Waals surface area contributed by atoms with Crippen LogP contribution in [0.2, 0.25) is 0 Å². The van der Waals surface area contributed by atoms with Gasteiger partial charge in [0.25, 0.3) is 0 Å². The van der Waals surface area contributed by atoms with Crippen LogP contribution in [-0.2, 0) is 9.84 Å². The van der Waals surface area contributed by atoms with Crippen molar-refractivity contribution in [3.8, 4) is 5.75 Å². The molecule has 1 fully saturated rings. The average molecular weight is 518 g/mol. The number of benzene rings is 2. The summed E-state index contributed by atoms with van der Waals surface area (Å²) >= 11 is 0.